The van der Waals surface area contributed by atoms with E-state index < -0.39 is 22.3 Å². The van der Waals surface area contributed by atoms with Crippen molar-refractivity contribution >= 4 is 40.7 Å². The fourth-order valence-corrected chi connectivity index (χ4v) is 2.00. The molecule has 0 spiro atoms. The van der Waals surface area contributed by atoms with Crippen LogP contribution < -0.4 is 10.6 Å². The van der Waals surface area contributed by atoms with Gasteiger partial charge in [0.2, 0.25) is 11.7 Å². The van der Waals surface area contributed by atoms with Gasteiger partial charge < -0.3 is 5.32 Å². The van der Waals surface area contributed by atoms with Crippen molar-refractivity contribution in [3.05, 3.63) is 76.1 Å². The molecule has 0 atom stereocenters. The number of nitro groups is 1. The van der Waals surface area contributed by atoms with Crippen LogP contribution in [0.4, 0.5) is 15.8 Å². The molecule has 6 nitrogen and oxygen atoms in total. The number of benzene rings is 2. The Morgan fingerprint density at radius 2 is 1.92 bits per heavy atom. The molecule has 122 valence electrons. The molecule has 0 unspecified atom stereocenters. The van der Waals surface area contributed by atoms with Gasteiger partial charge in [0.15, 0.2) is 5.11 Å². The smallest absolute Gasteiger partial charge is 0.306 e. The standard InChI is InChI=1S/C16H12FN3O3S/c17-13-8-7-12(10-14(13)20(22)23)18-16(24)19-15(21)9-6-11-4-2-1-3-5-11/h1-10H,(H2,18,19,21,24). The number of hydrogen-bond donors (Lipinski definition) is 2. The fraction of sp³-hybridized carbons (Fsp3) is 0. The van der Waals surface area contributed by atoms with Crippen LogP contribution in [0, 0.1) is 15.9 Å². The number of carbonyl (C=O) groups excluding carboxylic acids is 1. The summed E-state index contributed by atoms with van der Waals surface area (Å²) < 4.78 is 13.2. The van der Waals surface area contributed by atoms with Crippen molar-refractivity contribution in [1.82, 2.24) is 5.32 Å². The summed E-state index contributed by atoms with van der Waals surface area (Å²) in [4.78, 5) is 21.6. The molecule has 2 aromatic rings. The van der Waals surface area contributed by atoms with Gasteiger partial charge in [0.1, 0.15) is 0 Å². The number of hydrogen-bond acceptors (Lipinski definition) is 4. The van der Waals surface area contributed by atoms with Gasteiger partial charge >= 0.3 is 5.69 Å². The average Bonchev–Trinajstić information content (AvgIpc) is 2.55. The molecule has 2 N–H and O–H groups in total. The third-order valence-corrected chi connectivity index (χ3v) is 3.07. The summed E-state index contributed by atoms with van der Waals surface area (Å²) in [7, 11) is 0. The van der Waals surface area contributed by atoms with Gasteiger partial charge in [0.25, 0.3) is 0 Å². The van der Waals surface area contributed by atoms with Crippen LogP contribution in [0.2, 0.25) is 0 Å². The number of nitro benzene ring substituents is 1. The first-order chi connectivity index (χ1) is 11.5. The maximum Gasteiger partial charge on any atom is 0.306 e. The molecule has 0 aliphatic carbocycles. The summed E-state index contributed by atoms with van der Waals surface area (Å²) in [5, 5.41) is 15.6. The van der Waals surface area contributed by atoms with E-state index in [0.29, 0.717) is 0 Å². The molecule has 2 rings (SSSR count). The Morgan fingerprint density at radius 1 is 1.21 bits per heavy atom. The van der Waals surface area contributed by atoms with E-state index in [1.54, 1.807) is 6.08 Å². The first-order valence-electron chi connectivity index (χ1n) is 6.75. The summed E-state index contributed by atoms with van der Waals surface area (Å²) in [6.07, 6.45) is 2.91. The van der Waals surface area contributed by atoms with E-state index in [0.717, 1.165) is 17.7 Å². The highest BCUT2D eigenvalue weighted by molar-refractivity contribution is 7.80. The molecule has 0 bridgehead atoms. The maximum absolute atomic E-state index is 13.2. The lowest BCUT2D eigenvalue weighted by Gasteiger charge is -2.08. The van der Waals surface area contributed by atoms with E-state index >= 15 is 0 Å². The predicted molar refractivity (Wildman–Crippen MR) is 92.9 cm³/mol. The van der Waals surface area contributed by atoms with Gasteiger partial charge in [-0.3, -0.25) is 20.2 Å². The number of nitrogens with zero attached hydrogens (tertiary/aromatic N) is 1. The van der Waals surface area contributed by atoms with Gasteiger partial charge in [-0.2, -0.15) is 4.39 Å². The van der Waals surface area contributed by atoms with Gasteiger partial charge in [-0.15, -0.1) is 0 Å². The molecule has 0 fully saturated rings. The molecule has 0 heterocycles. The lowest BCUT2D eigenvalue weighted by Crippen LogP contribution is -2.32. The molecule has 1 amide bonds. The van der Waals surface area contributed by atoms with Gasteiger partial charge in [-0.1, -0.05) is 30.3 Å². The highest BCUT2D eigenvalue weighted by atomic mass is 32.1. The second-order valence-corrected chi connectivity index (χ2v) is 5.02. The fourth-order valence-electron chi connectivity index (χ4n) is 1.78. The Hall–Kier alpha value is -3.13. The molecular weight excluding hydrogens is 333 g/mol. The number of nitrogens with one attached hydrogen (secondary N) is 2. The molecule has 2 aromatic carbocycles. The maximum atomic E-state index is 13.2. The average molecular weight is 345 g/mol. The van der Waals surface area contributed by atoms with Crippen LogP contribution in [0.1, 0.15) is 5.56 Å². The Balaban J connectivity index is 1.96. The molecular formula is C16H12FN3O3S. The van der Waals surface area contributed by atoms with Gasteiger partial charge in [0, 0.05) is 17.8 Å². The summed E-state index contributed by atoms with van der Waals surface area (Å²) in [5.41, 5.74) is 0.360. The van der Waals surface area contributed by atoms with Crippen LogP contribution in [0.5, 0.6) is 0 Å². The van der Waals surface area contributed by atoms with Crippen molar-refractivity contribution in [2.75, 3.05) is 5.32 Å². The van der Waals surface area contributed by atoms with E-state index in [1.165, 1.54) is 12.1 Å². The van der Waals surface area contributed by atoms with Crippen LogP contribution in [-0.4, -0.2) is 15.9 Å². The van der Waals surface area contributed by atoms with Crippen LogP contribution >= 0.6 is 12.2 Å². The summed E-state index contributed by atoms with van der Waals surface area (Å²) in [6.45, 7) is 0. The molecule has 0 aliphatic rings. The second-order valence-electron chi connectivity index (χ2n) is 4.61. The highest BCUT2D eigenvalue weighted by Crippen LogP contribution is 2.21. The van der Waals surface area contributed by atoms with Crippen molar-refractivity contribution in [2.45, 2.75) is 0 Å². The van der Waals surface area contributed by atoms with Crippen LogP contribution in [0.3, 0.4) is 0 Å². The predicted octanol–water partition coefficient (Wildman–Crippen LogP) is 3.26. The highest BCUT2D eigenvalue weighted by Gasteiger charge is 2.14. The second kappa shape index (κ2) is 7.93. The van der Waals surface area contributed by atoms with Crippen LogP contribution in [-0.2, 0) is 4.79 Å². The largest absolute Gasteiger partial charge is 0.332 e. The zero-order valence-electron chi connectivity index (χ0n) is 12.2. The lowest BCUT2D eigenvalue weighted by atomic mass is 10.2. The first kappa shape index (κ1) is 17.2. The van der Waals surface area contributed by atoms with Crippen molar-refractivity contribution in [3.8, 4) is 0 Å². The summed E-state index contributed by atoms with van der Waals surface area (Å²) in [5.74, 6) is -1.42. The number of amides is 1. The van der Waals surface area contributed by atoms with E-state index in [1.807, 2.05) is 30.3 Å². The minimum atomic E-state index is -0.953. The van der Waals surface area contributed by atoms with Crippen molar-refractivity contribution in [3.63, 3.8) is 0 Å². The van der Waals surface area contributed by atoms with Crippen LogP contribution in [0.25, 0.3) is 6.08 Å². The van der Waals surface area contributed by atoms with E-state index in [4.69, 9.17) is 12.2 Å². The Morgan fingerprint density at radius 3 is 2.58 bits per heavy atom. The SMILES string of the molecule is O=C(C=Cc1ccccc1)NC(=S)Nc1ccc(F)c([N+](=O)[O-])c1. The Labute approximate surface area is 142 Å². The normalized spacial score (nSPS) is 10.4. The monoisotopic (exact) mass is 345 g/mol. The lowest BCUT2D eigenvalue weighted by molar-refractivity contribution is -0.387. The van der Waals surface area contributed by atoms with E-state index in [-0.39, 0.29) is 10.8 Å². The number of rotatable bonds is 4. The molecule has 0 saturated heterocycles. The van der Waals surface area contributed by atoms with Gasteiger partial charge in [-0.05, 0) is 36.0 Å². The summed E-state index contributed by atoms with van der Waals surface area (Å²) in [6, 6.07) is 12.4. The molecule has 8 heteroatoms. The first-order valence-corrected chi connectivity index (χ1v) is 7.15. The topological polar surface area (TPSA) is 84.3 Å². The van der Waals surface area contributed by atoms with Gasteiger partial charge in [0.05, 0.1) is 4.92 Å². The summed E-state index contributed by atoms with van der Waals surface area (Å²) >= 11 is 4.94. The number of thiocarbonyl (C=S) groups is 1. The Kier molecular flexibility index (Phi) is 5.69. The Bertz CT molecular complexity index is 809. The molecule has 0 saturated carbocycles. The van der Waals surface area contributed by atoms with Crippen LogP contribution in [0.15, 0.2) is 54.6 Å². The number of halogens is 1. The molecule has 0 radical (unpaired) electrons. The van der Waals surface area contributed by atoms with Gasteiger partial charge in [-0.25, -0.2) is 0 Å². The third kappa shape index (κ3) is 4.96. The van der Waals surface area contributed by atoms with Crippen molar-refractivity contribution < 1.29 is 14.1 Å². The molecule has 24 heavy (non-hydrogen) atoms. The van der Waals surface area contributed by atoms with Crippen molar-refractivity contribution in [2.24, 2.45) is 0 Å². The van der Waals surface area contributed by atoms with E-state index in [2.05, 4.69) is 10.6 Å². The third-order valence-electron chi connectivity index (χ3n) is 2.86. The molecule has 0 aliphatic heterocycles. The van der Waals surface area contributed by atoms with Crippen molar-refractivity contribution in [1.29, 1.82) is 0 Å². The molecule has 0 aromatic heterocycles. The minimum absolute atomic E-state index is 0.0568. The number of anilines is 1. The quantitative estimate of drug-likeness (QED) is 0.385. The minimum Gasteiger partial charge on any atom is -0.332 e. The van der Waals surface area contributed by atoms with E-state index in [9.17, 15) is 19.3 Å². The zero-order chi connectivity index (χ0) is 17.5. The number of carbonyl (C=O) groups is 1. The zero-order valence-corrected chi connectivity index (χ0v) is 13.0.